The summed E-state index contributed by atoms with van der Waals surface area (Å²) in [5, 5.41) is 10.4. The molecule has 0 amide bonds. The van der Waals surface area contributed by atoms with Crippen LogP contribution in [0.25, 0.3) is 0 Å². The molecule has 1 fully saturated rings. The molecule has 3 heteroatoms. The van der Waals surface area contributed by atoms with Crippen LogP contribution >= 0.6 is 11.6 Å². The second-order valence-corrected chi connectivity index (χ2v) is 5.74. The molecule has 0 radical (unpaired) electrons. The Kier molecular flexibility index (Phi) is 2.34. The Bertz CT molecular complexity index is 490. The van der Waals surface area contributed by atoms with Gasteiger partial charge in [0.25, 0.3) is 0 Å². The lowest BCUT2D eigenvalue weighted by molar-refractivity contribution is -0.0257. The van der Waals surface area contributed by atoms with Crippen molar-refractivity contribution in [3.63, 3.8) is 0 Å². The Balaban J connectivity index is 2.13. The molecule has 1 aromatic carbocycles. The highest BCUT2D eigenvalue weighted by Gasteiger charge is 2.43. The third-order valence-electron chi connectivity index (χ3n) is 4.37. The number of hydrogen-bond donors (Lipinski definition) is 1. The number of hydrogen-bond acceptors (Lipinski definition) is 2. The molecule has 0 bridgehead atoms. The summed E-state index contributed by atoms with van der Waals surface area (Å²) in [7, 11) is 0. The van der Waals surface area contributed by atoms with Crippen LogP contribution in [0.2, 0.25) is 5.02 Å². The number of benzene rings is 1. The quantitative estimate of drug-likeness (QED) is 0.759. The van der Waals surface area contributed by atoms with Crippen LogP contribution in [-0.4, -0.2) is 10.7 Å². The highest BCUT2D eigenvalue weighted by Crippen LogP contribution is 2.50. The number of phenols is 1. The Hall–Kier alpha value is -0.890. The minimum atomic E-state index is 0.0739. The minimum Gasteiger partial charge on any atom is -0.506 e. The molecule has 92 valence electrons. The molecule has 3 rings (SSSR count). The summed E-state index contributed by atoms with van der Waals surface area (Å²) in [5.41, 5.74) is 2.98. The zero-order chi connectivity index (χ0) is 12.2. The van der Waals surface area contributed by atoms with E-state index in [-0.39, 0.29) is 11.4 Å². The molecule has 0 aromatic heterocycles. The van der Waals surface area contributed by atoms with E-state index < -0.39 is 0 Å². The van der Waals surface area contributed by atoms with Crippen molar-refractivity contribution < 1.29 is 9.84 Å². The van der Waals surface area contributed by atoms with Crippen LogP contribution in [0.15, 0.2) is 0 Å². The van der Waals surface area contributed by atoms with Crippen molar-refractivity contribution >= 4 is 11.6 Å². The number of fused-ring (bicyclic) bond motifs is 1. The van der Waals surface area contributed by atoms with E-state index in [9.17, 15) is 5.11 Å². The second-order valence-electron chi connectivity index (χ2n) is 5.36. The van der Waals surface area contributed by atoms with Crippen LogP contribution in [0.5, 0.6) is 11.5 Å². The molecular weight excluding hydrogens is 236 g/mol. The molecule has 2 aliphatic rings. The van der Waals surface area contributed by atoms with E-state index in [4.69, 9.17) is 16.3 Å². The fourth-order valence-corrected chi connectivity index (χ4v) is 3.19. The molecule has 1 aliphatic heterocycles. The van der Waals surface area contributed by atoms with Crippen LogP contribution in [-0.2, 0) is 6.42 Å². The molecule has 1 spiro atoms. The van der Waals surface area contributed by atoms with E-state index in [1.54, 1.807) is 0 Å². The van der Waals surface area contributed by atoms with Crippen molar-refractivity contribution in [2.45, 2.75) is 51.6 Å². The van der Waals surface area contributed by atoms with Gasteiger partial charge in [0.15, 0.2) is 0 Å². The van der Waals surface area contributed by atoms with Crippen LogP contribution in [0.3, 0.4) is 0 Å². The van der Waals surface area contributed by atoms with Gasteiger partial charge < -0.3 is 9.84 Å². The number of ether oxygens (including phenoxy) is 1. The minimum absolute atomic E-state index is 0.0739. The monoisotopic (exact) mass is 252 g/mol. The van der Waals surface area contributed by atoms with E-state index in [1.165, 1.54) is 6.42 Å². The average molecular weight is 253 g/mol. The normalized spacial score (nSPS) is 20.6. The van der Waals surface area contributed by atoms with Crippen LogP contribution < -0.4 is 4.74 Å². The molecule has 17 heavy (non-hydrogen) atoms. The maximum atomic E-state index is 9.96. The number of phenolic OH excluding ortho intramolecular Hbond substituents is 1. The molecule has 0 atom stereocenters. The van der Waals surface area contributed by atoms with Crippen LogP contribution in [0.1, 0.15) is 42.4 Å². The van der Waals surface area contributed by atoms with Gasteiger partial charge in [-0.05, 0) is 51.5 Å². The standard InChI is InChI=1S/C14H17ClO2/c1-8-10-4-7-14(5-3-6-14)17-13(10)9(2)11(15)12(8)16/h16H,3-7H2,1-2H3. The molecule has 0 unspecified atom stereocenters. The summed E-state index contributed by atoms with van der Waals surface area (Å²) < 4.78 is 6.21. The van der Waals surface area contributed by atoms with Gasteiger partial charge in [0, 0.05) is 11.1 Å². The SMILES string of the molecule is Cc1c(O)c(Cl)c(C)c2c1CCC1(CCC1)O2. The zero-order valence-electron chi connectivity index (χ0n) is 10.3. The Morgan fingerprint density at radius 1 is 1.18 bits per heavy atom. The summed E-state index contributed by atoms with van der Waals surface area (Å²) >= 11 is 6.14. The summed E-state index contributed by atoms with van der Waals surface area (Å²) in [6.45, 7) is 3.85. The first-order chi connectivity index (χ1) is 8.04. The molecule has 1 N–H and O–H groups in total. The molecule has 2 nitrogen and oxygen atoms in total. The molecule has 1 aliphatic carbocycles. The number of aromatic hydroxyl groups is 1. The Labute approximate surface area is 107 Å². The van der Waals surface area contributed by atoms with Gasteiger partial charge in [0.05, 0.1) is 5.02 Å². The van der Waals surface area contributed by atoms with Crippen molar-refractivity contribution in [2.24, 2.45) is 0 Å². The van der Waals surface area contributed by atoms with E-state index >= 15 is 0 Å². The predicted molar refractivity (Wildman–Crippen MR) is 68.1 cm³/mol. The van der Waals surface area contributed by atoms with E-state index in [0.717, 1.165) is 48.1 Å². The van der Waals surface area contributed by atoms with Gasteiger partial charge in [-0.1, -0.05) is 11.6 Å². The summed E-state index contributed by atoms with van der Waals surface area (Å²) in [6.07, 6.45) is 5.64. The van der Waals surface area contributed by atoms with E-state index in [1.807, 2.05) is 13.8 Å². The van der Waals surface area contributed by atoms with Gasteiger partial charge in [0.2, 0.25) is 0 Å². The van der Waals surface area contributed by atoms with Crippen molar-refractivity contribution in [1.82, 2.24) is 0 Å². The second kappa shape index (κ2) is 3.55. The van der Waals surface area contributed by atoms with Crippen molar-refractivity contribution in [3.8, 4) is 11.5 Å². The van der Waals surface area contributed by atoms with Gasteiger partial charge in [-0.2, -0.15) is 0 Å². The highest BCUT2D eigenvalue weighted by atomic mass is 35.5. The molecule has 1 saturated carbocycles. The van der Waals surface area contributed by atoms with Gasteiger partial charge in [-0.25, -0.2) is 0 Å². The molecule has 0 saturated heterocycles. The fraction of sp³-hybridized carbons (Fsp3) is 0.571. The van der Waals surface area contributed by atoms with Crippen LogP contribution in [0.4, 0.5) is 0 Å². The van der Waals surface area contributed by atoms with Gasteiger partial charge in [0.1, 0.15) is 17.1 Å². The number of halogens is 1. The van der Waals surface area contributed by atoms with Gasteiger partial charge >= 0.3 is 0 Å². The smallest absolute Gasteiger partial charge is 0.137 e. The maximum absolute atomic E-state index is 9.96. The third-order valence-corrected chi connectivity index (χ3v) is 4.84. The van der Waals surface area contributed by atoms with Gasteiger partial charge in [-0.3, -0.25) is 0 Å². The van der Waals surface area contributed by atoms with Crippen molar-refractivity contribution in [3.05, 3.63) is 21.7 Å². The van der Waals surface area contributed by atoms with E-state index in [2.05, 4.69) is 0 Å². The third kappa shape index (κ3) is 1.46. The van der Waals surface area contributed by atoms with Gasteiger partial charge in [-0.15, -0.1) is 0 Å². The Morgan fingerprint density at radius 3 is 2.47 bits per heavy atom. The van der Waals surface area contributed by atoms with Crippen molar-refractivity contribution in [2.75, 3.05) is 0 Å². The largest absolute Gasteiger partial charge is 0.506 e. The van der Waals surface area contributed by atoms with E-state index in [0.29, 0.717) is 5.02 Å². The van der Waals surface area contributed by atoms with Crippen LogP contribution in [0, 0.1) is 13.8 Å². The molecular formula is C14H17ClO2. The fourth-order valence-electron chi connectivity index (χ4n) is 2.96. The molecule has 1 heterocycles. The topological polar surface area (TPSA) is 29.5 Å². The van der Waals surface area contributed by atoms with Crippen molar-refractivity contribution in [1.29, 1.82) is 0 Å². The first-order valence-corrected chi connectivity index (χ1v) is 6.61. The lowest BCUT2D eigenvalue weighted by Crippen LogP contribution is -2.46. The lowest BCUT2D eigenvalue weighted by atomic mass is 9.74. The average Bonchev–Trinajstić information content (AvgIpc) is 2.31. The highest BCUT2D eigenvalue weighted by molar-refractivity contribution is 6.33. The molecule has 1 aromatic rings. The maximum Gasteiger partial charge on any atom is 0.137 e. The first kappa shape index (κ1) is 11.2. The number of rotatable bonds is 0. The zero-order valence-corrected chi connectivity index (χ0v) is 11.0. The summed E-state index contributed by atoms with van der Waals surface area (Å²) in [4.78, 5) is 0. The predicted octanol–water partition coefficient (Wildman–Crippen LogP) is 3.91. The Morgan fingerprint density at radius 2 is 1.88 bits per heavy atom. The summed E-state index contributed by atoms with van der Waals surface area (Å²) in [5.74, 6) is 1.15. The summed E-state index contributed by atoms with van der Waals surface area (Å²) in [6, 6.07) is 0. The lowest BCUT2D eigenvalue weighted by Gasteiger charge is -2.46. The first-order valence-electron chi connectivity index (χ1n) is 6.24.